The van der Waals surface area contributed by atoms with E-state index in [1.165, 1.54) is 30.3 Å². The summed E-state index contributed by atoms with van der Waals surface area (Å²) in [6, 6.07) is 9.68. The molecule has 0 heterocycles. The van der Waals surface area contributed by atoms with E-state index in [0.29, 0.717) is 5.69 Å². The van der Waals surface area contributed by atoms with E-state index in [4.69, 9.17) is 0 Å². The topological polar surface area (TPSA) is 84.3 Å². The van der Waals surface area contributed by atoms with Crippen LogP contribution < -0.4 is 10.6 Å². The van der Waals surface area contributed by atoms with Gasteiger partial charge in [-0.1, -0.05) is 12.1 Å². The van der Waals surface area contributed by atoms with Crippen LogP contribution in [0.1, 0.15) is 10.4 Å². The zero-order valence-corrected chi connectivity index (χ0v) is 11.1. The second-order valence-electron chi connectivity index (χ2n) is 4.17. The number of amides is 1. The summed E-state index contributed by atoms with van der Waals surface area (Å²) in [6.45, 7) is 0. The van der Waals surface area contributed by atoms with Crippen molar-refractivity contribution in [1.29, 1.82) is 0 Å². The van der Waals surface area contributed by atoms with E-state index in [-0.39, 0.29) is 16.9 Å². The predicted molar refractivity (Wildman–Crippen MR) is 77.0 cm³/mol. The van der Waals surface area contributed by atoms with Crippen molar-refractivity contribution in [3.63, 3.8) is 0 Å². The summed E-state index contributed by atoms with van der Waals surface area (Å²) in [4.78, 5) is 22.4. The third-order valence-electron chi connectivity index (χ3n) is 2.85. The lowest BCUT2D eigenvalue weighted by Gasteiger charge is -2.07. The molecule has 0 atom stereocenters. The van der Waals surface area contributed by atoms with E-state index in [9.17, 15) is 19.3 Å². The number of nitrogens with zero attached hydrogens (tertiary/aromatic N) is 1. The van der Waals surface area contributed by atoms with Gasteiger partial charge in [-0.25, -0.2) is 4.39 Å². The monoisotopic (exact) mass is 289 g/mol. The SMILES string of the molecule is CNc1ccc(C(=O)Nc2ccccc2F)cc1[N+](=O)[O-]. The molecule has 2 aromatic rings. The molecule has 2 N–H and O–H groups in total. The van der Waals surface area contributed by atoms with Crippen molar-refractivity contribution in [3.8, 4) is 0 Å². The van der Waals surface area contributed by atoms with Gasteiger partial charge in [0.1, 0.15) is 11.5 Å². The minimum absolute atomic E-state index is 0.0165. The third kappa shape index (κ3) is 3.14. The molecule has 0 fully saturated rings. The minimum atomic E-state index is -0.620. The van der Waals surface area contributed by atoms with Gasteiger partial charge in [0.05, 0.1) is 10.6 Å². The second-order valence-corrected chi connectivity index (χ2v) is 4.17. The Morgan fingerprint density at radius 2 is 1.90 bits per heavy atom. The Kier molecular flexibility index (Phi) is 4.13. The fourth-order valence-corrected chi connectivity index (χ4v) is 1.79. The molecular weight excluding hydrogens is 277 g/mol. The van der Waals surface area contributed by atoms with Crippen LogP contribution in [0.3, 0.4) is 0 Å². The van der Waals surface area contributed by atoms with Crippen LogP contribution >= 0.6 is 0 Å². The highest BCUT2D eigenvalue weighted by atomic mass is 19.1. The minimum Gasteiger partial charge on any atom is -0.383 e. The lowest BCUT2D eigenvalue weighted by atomic mass is 10.1. The maximum Gasteiger partial charge on any atom is 0.293 e. The van der Waals surface area contributed by atoms with Crippen LogP contribution in [0.4, 0.5) is 21.5 Å². The molecule has 2 rings (SSSR count). The zero-order valence-electron chi connectivity index (χ0n) is 11.1. The van der Waals surface area contributed by atoms with E-state index in [1.807, 2.05) is 0 Å². The van der Waals surface area contributed by atoms with Crippen LogP contribution in [0, 0.1) is 15.9 Å². The molecule has 0 aliphatic heterocycles. The molecule has 0 saturated carbocycles. The number of carbonyl (C=O) groups is 1. The Balaban J connectivity index is 2.30. The number of anilines is 2. The number of nitro groups is 1. The van der Waals surface area contributed by atoms with Crippen molar-refractivity contribution in [2.24, 2.45) is 0 Å². The largest absolute Gasteiger partial charge is 0.383 e. The summed E-state index contributed by atoms with van der Waals surface area (Å²) in [6.07, 6.45) is 0. The maximum absolute atomic E-state index is 13.5. The number of rotatable bonds is 4. The number of hydrogen-bond acceptors (Lipinski definition) is 4. The van der Waals surface area contributed by atoms with Crippen molar-refractivity contribution in [2.45, 2.75) is 0 Å². The molecule has 1 amide bonds. The third-order valence-corrected chi connectivity index (χ3v) is 2.85. The van der Waals surface area contributed by atoms with Gasteiger partial charge in [0.25, 0.3) is 11.6 Å². The molecular formula is C14H12FN3O3. The molecule has 0 unspecified atom stereocenters. The summed E-state index contributed by atoms with van der Waals surface area (Å²) in [5.41, 5.74) is 0.160. The van der Waals surface area contributed by atoms with Gasteiger partial charge < -0.3 is 10.6 Å². The molecule has 0 aromatic heterocycles. The number of nitro benzene ring substituents is 1. The fourth-order valence-electron chi connectivity index (χ4n) is 1.79. The van der Waals surface area contributed by atoms with E-state index in [1.54, 1.807) is 13.1 Å². The highest BCUT2D eigenvalue weighted by Crippen LogP contribution is 2.25. The van der Waals surface area contributed by atoms with Gasteiger partial charge in [-0.05, 0) is 24.3 Å². The molecule has 0 bridgehead atoms. The van der Waals surface area contributed by atoms with Gasteiger partial charge in [-0.2, -0.15) is 0 Å². The Labute approximate surface area is 119 Å². The maximum atomic E-state index is 13.5. The first-order chi connectivity index (χ1) is 10.0. The molecule has 0 saturated heterocycles. The molecule has 0 radical (unpaired) electrons. The van der Waals surface area contributed by atoms with Crippen LogP contribution in [0.2, 0.25) is 0 Å². The fraction of sp³-hybridized carbons (Fsp3) is 0.0714. The Hall–Kier alpha value is -2.96. The Morgan fingerprint density at radius 1 is 1.19 bits per heavy atom. The summed E-state index contributed by atoms with van der Waals surface area (Å²) < 4.78 is 13.5. The molecule has 0 spiro atoms. The standard InChI is InChI=1S/C14H12FN3O3/c1-16-12-7-6-9(8-13(12)18(20)21)14(19)17-11-5-3-2-4-10(11)15/h2-8,16H,1H3,(H,17,19). The van der Waals surface area contributed by atoms with Gasteiger partial charge in [-0.3, -0.25) is 14.9 Å². The van der Waals surface area contributed by atoms with Gasteiger partial charge in [0.2, 0.25) is 0 Å². The smallest absolute Gasteiger partial charge is 0.293 e. The average molecular weight is 289 g/mol. The van der Waals surface area contributed by atoms with Crippen molar-refractivity contribution in [2.75, 3.05) is 17.7 Å². The molecule has 7 heteroatoms. The number of para-hydroxylation sites is 1. The highest BCUT2D eigenvalue weighted by molar-refractivity contribution is 6.05. The molecule has 21 heavy (non-hydrogen) atoms. The molecule has 6 nitrogen and oxygen atoms in total. The summed E-state index contributed by atoms with van der Waals surface area (Å²) in [5, 5.41) is 16.0. The van der Waals surface area contributed by atoms with Crippen LogP contribution in [0.25, 0.3) is 0 Å². The molecule has 2 aromatic carbocycles. The number of carbonyl (C=O) groups excluding carboxylic acids is 1. The predicted octanol–water partition coefficient (Wildman–Crippen LogP) is 3.03. The molecule has 108 valence electrons. The van der Waals surface area contributed by atoms with E-state index >= 15 is 0 Å². The average Bonchev–Trinajstić information content (AvgIpc) is 2.48. The number of hydrogen-bond donors (Lipinski definition) is 2. The first-order valence-electron chi connectivity index (χ1n) is 6.05. The van der Waals surface area contributed by atoms with Crippen molar-refractivity contribution < 1.29 is 14.1 Å². The van der Waals surface area contributed by atoms with Crippen LogP contribution in [-0.4, -0.2) is 17.9 Å². The van der Waals surface area contributed by atoms with Crippen molar-refractivity contribution in [3.05, 3.63) is 64.0 Å². The quantitative estimate of drug-likeness (QED) is 0.669. The first-order valence-corrected chi connectivity index (χ1v) is 6.05. The van der Waals surface area contributed by atoms with Gasteiger partial charge in [0.15, 0.2) is 0 Å². The van der Waals surface area contributed by atoms with E-state index in [2.05, 4.69) is 10.6 Å². The summed E-state index contributed by atoms with van der Waals surface area (Å²) in [7, 11) is 1.54. The van der Waals surface area contributed by atoms with Gasteiger partial charge in [-0.15, -0.1) is 0 Å². The highest BCUT2D eigenvalue weighted by Gasteiger charge is 2.17. The van der Waals surface area contributed by atoms with Crippen LogP contribution in [0.5, 0.6) is 0 Å². The summed E-state index contributed by atoms with van der Waals surface area (Å²) >= 11 is 0. The Morgan fingerprint density at radius 3 is 2.52 bits per heavy atom. The van der Waals surface area contributed by atoms with Gasteiger partial charge in [0, 0.05) is 18.7 Å². The lowest BCUT2D eigenvalue weighted by Crippen LogP contribution is -2.13. The number of halogens is 1. The van der Waals surface area contributed by atoms with E-state index in [0.717, 1.165) is 6.07 Å². The number of benzene rings is 2. The first kappa shape index (κ1) is 14.4. The zero-order chi connectivity index (χ0) is 15.4. The molecule has 0 aliphatic carbocycles. The van der Waals surface area contributed by atoms with Gasteiger partial charge >= 0.3 is 0 Å². The second kappa shape index (κ2) is 6.00. The summed E-state index contributed by atoms with van der Waals surface area (Å²) in [5.74, 6) is -1.20. The molecule has 0 aliphatic rings. The van der Waals surface area contributed by atoms with Crippen LogP contribution in [0.15, 0.2) is 42.5 Å². The number of nitrogens with one attached hydrogen (secondary N) is 2. The normalized spacial score (nSPS) is 10.0. The van der Waals surface area contributed by atoms with E-state index < -0.39 is 16.6 Å². The lowest BCUT2D eigenvalue weighted by molar-refractivity contribution is -0.384. The van der Waals surface area contributed by atoms with Crippen molar-refractivity contribution in [1.82, 2.24) is 0 Å². The Bertz CT molecular complexity index is 704. The van der Waals surface area contributed by atoms with Crippen LogP contribution in [-0.2, 0) is 0 Å². The van der Waals surface area contributed by atoms with Crippen molar-refractivity contribution >= 4 is 23.0 Å².